The van der Waals surface area contributed by atoms with Crippen LogP contribution in [0.25, 0.3) is 5.57 Å². The van der Waals surface area contributed by atoms with Crippen molar-refractivity contribution in [3.05, 3.63) is 64.2 Å². The second kappa shape index (κ2) is 7.86. The third kappa shape index (κ3) is 3.98. The van der Waals surface area contributed by atoms with E-state index in [0.29, 0.717) is 11.3 Å². The van der Waals surface area contributed by atoms with Gasteiger partial charge in [0.2, 0.25) is 0 Å². The van der Waals surface area contributed by atoms with Gasteiger partial charge in [0.1, 0.15) is 0 Å². The Bertz CT molecular complexity index is 1020. The van der Waals surface area contributed by atoms with Gasteiger partial charge in [-0.3, -0.25) is 4.99 Å². The van der Waals surface area contributed by atoms with Crippen molar-refractivity contribution < 1.29 is 9.90 Å². The van der Waals surface area contributed by atoms with Crippen molar-refractivity contribution in [2.45, 2.75) is 53.5 Å². The number of anilines is 1. The Balaban J connectivity index is 2.04. The summed E-state index contributed by atoms with van der Waals surface area (Å²) in [6, 6.07) is 9.65. The molecule has 0 aromatic heterocycles. The molecule has 1 N–H and O–H groups in total. The molecule has 4 heteroatoms. The lowest BCUT2D eigenvalue weighted by Crippen LogP contribution is -2.45. The number of rotatable bonds is 5. The smallest absolute Gasteiger partial charge is 0.336 e. The summed E-state index contributed by atoms with van der Waals surface area (Å²) in [5.74, 6) is -0.927. The molecule has 1 aliphatic rings. The van der Waals surface area contributed by atoms with Crippen molar-refractivity contribution in [2.75, 3.05) is 11.4 Å². The van der Waals surface area contributed by atoms with Gasteiger partial charge < -0.3 is 10.0 Å². The van der Waals surface area contributed by atoms with Crippen molar-refractivity contribution in [1.29, 1.82) is 0 Å². The maximum atomic E-state index is 11.4. The number of benzene rings is 2. The average Bonchev–Trinajstić information content (AvgIpc) is 2.64. The predicted octanol–water partition coefficient (Wildman–Crippen LogP) is 6.16. The molecule has 2 aromatic carbocycles. The van der Waals surface area contributed by atoms with Gasteiger partial charge in [0.25, 0.3) is 0 Å². The molecule has 1 aliphatic heterocycles. The summed E-state index contributed by atoms with van der Waals surface area (Å²) >= 11 is 0. The quantitative estimate of drug-likeness (QED) is 0.622. The van der Waals surface area contributed by atoms with Crippen molar-refractivity contribution in [3.63, 3.8) is 0 Å². The number of carbonyl (C=O) groups is 1. The fourth-order valence-corrected chi connectivity index (χ4v) is 4.15. The Kier molecular flexibility index (Phi) is 5.65. The van der Waals surface area contributed by atoms with Gasteiger partial charge in [0.05, 0.1) is 16.8 Å². The van der Waals surface area contributed by atoms with Crippen LogP contribution >= 0.6 is 0 Å². The fourth-order valence-electron chi connectivity index (χ4n) is 4.15. The SMILES string of the molecule is CCCN1c2cc(C)c(C=Nc3cccc(C(=O)O)c3C)cc2C(C)=CC1(C)C. The van der Waals surface area contributed by atoms with Crippen LogP contribution in [0.15, 0.2) is 41.4 Å². The second-order valence-electron chi connectivity index (χ2n) is 8.37. The molecule has 0 bridgehead atoms. The number of carboxylic acids is 1. The van der Waals surface area contributed by atoms with Crippen LogP contribution in [0.1, 0.15) is 66.7 Å². The van der Waals surface area contributed by atoms with Crippen molar-refractivity contribution in [2.24, 2.45) is 4.99 Å². The minimum atomic E-state index is -0.927. The molecule has 0 fully saturated rings. The molecule has 2 aromatic rings. The molecule has 0 saturated heterocycles. The Morgan fingerprint density at radius 3 is 2.59 bits per heavy atom. The highest BCUT2D eigenvalue weighted by atomic mass is 16.4. The standard InChI is InChI=1S/C25H30N2O2/c1-7-11-27-23-12-16(2)19(13-21(23)17(3)14-25(27,5)6)15-26-22-10-8-9-20(18(22)4)24(28)29/h8-10,12-15H,7,11H2,1-6H3,(H,28,29). The van der Waals surface area contributed by atoms with E-state index in [-0.39, 0.29) is 11.1 Å². The maximum Gasteiger partial charge on any atom is 0.336 e. The normalized spacial score (nSPS) is 15.4. The molecule has 0 saturated carbocycles. The topological polar surface area (TPSA) is 52.9 Å². The number of aromatic carboxylic acids is 1. The van der Waals surface area contributed by atoms with Crippen LogP contribution in [0.2, 0.25) is 0 Å². The zero-order valence-corrected chi connectivity index (χ0v) is 18.2. The molecule has 152 valence electrons. The Hall–Kier alpha value is -2.88. The first-order valence-corrected chi connectivity index (χ1v) is 10.1. The van der Waals surface area contributed by atoms with Gasteiger partial charge in [0.15, 0.2) is 0 Å². The number of aliphatic imine (C=N–C) groups is 1. The van der Waals surface area contributed by atoms with E-state index in [1.54, 1.807) is 19.1 Å². The van der Waals surface area contributed by atoms with Gasteiger partial charge >= 0.3 is 5.97 Å². The van der Waals surface area contributed by atoms with Crippen LogP contribution in [-0.2, 0) is 0 Å². The zero-order chi connectivity index (χ0) is 21.3. The highest BCUT2D eigenvalue weighted by Crippen LogP contribution is 2.40. The van der Waals surface area contributed by atoms with E-state index in [4.69, 9.17) is 0 Å². The molecule has 1 heterocycles. The van der Waals surface area contributed by atoms with Crippen LogP contribution in [0.3, 0.4) is 0 Å². The summed E-state index contributed by atoms with van der Waals surface area (Å²) in [7, 11) is 0. The molecule has 0 aliphatic carbocycles. The summed E-state index contributed by atoms with van der Waals surface area (Å²) < 4.78 is 0. The first-order valence-electron chi connectivity index (χ1n) is 10.1. The van der Waals surface area contributed by atoms with Gasteiger partial charge in [-0.1, -0.05) is 19.1 Å². The number of carboxylic acid groups (broad SMARTS) is 1. The lowest BCUT2D eigenvalue weighted by Gasteiger charge is -2.43. The molecule has 0 amide bonds. The molecule has 0 radical (unpaired) electrons. The number of hydrogen-bond acceptors (Lipinski definition) is 3. The van der Waals surface area contributed by atoms with E-state index in [9.17, 15) is 9.90 Å². The van der Waals surface area contributed by atoms with E-state index < -0.39 is 5.97 Å². The van der Waals surface area contributed by atoms with Gasteiger partial charge in [-0.2, -0.15) is 0 Å². The number of fused-ring (bicyclic) bond motifs is 1. The number of hydrogen-bond donors (Lipinski definition) is 1. The average molecular weight is 391 g/mol. The lowest BCUT2D eigenvalue weighted by molar-refractivity contribution is 0.0696. The molecule has 4 nitrogen and oxygen atoms in total. The summed E-state index contributed by atoms with van der Waals surface area (Å²) in [6.07, 6.45) is 5.28. The lowest BCUT2D eigenvalue weighted by atomic mass is 9.87. The zero-order valence-electron chi connectivity index (χ0n) is 18.2. The highest BCUT2D eigenvalue weighted by Gasteiger charge is 2.31. The van der Waals surface area contributed by atoms with E-state index in [0.717, 1.165) is 24.1 Å². The van der Waals surface area contributed by atoms with Crippen molar-refractivity contribution >= 4 is 29.1 Å². The van der Waals surface area contributed by atoms with E-state index >= 15 is 0 Å². The van der Waals surface area contributed by atoms with E-state index in [2.05, 4.69) is 62.7 Å². The molecule has 29 heavy (non-hydrogen) atoms. The second-order valence-corrected chi connectivity index (χ2v) is 8.37. The van der Waals surface area contributed by atoms with Crippen LogP contribution < -0.4 is 4.90 Å². The first kappa shape index (κ1) is 20.8. The van der Waals surface area contributed by atoms with Crippen LogP contribution in [0.4, 0.5) is 11.4 Å². The first-order chi connectivity index (χ1) is 13.7. The molecule has 0 unspecified atom stereocenters. The van der Waals surface area contributed by atoms with Gasteiger partial charge in [0, 0.05) is 24.0 Å². The third-order valence-electron chi connectivity index (χ3n) is 5.69. The number of allylic oxidation sites excluding steroid dienone is 1. The van der Waals surface area contributed by atoms with E-state index in [1.165, 1.54) is 16.8 Å². The third-order valence-corrected chi connectivity index (χ3v) is 5.69. The summed E-state index contributed by atoms with van der Waals surface area (Å²) in [5.41, 5.74) is 7.63. The van der Waals surface area contributed by atoms with E-state index in [1.807, 2.05) is 12.3 Å². The largest absolute Gasteiger partial charge is 0.478 e. The summed E-state index contributed by atoms with van der Waals surface area (Å²) in [4.78, 5) is 18.5. The van der Waals surface area contributed by atoms with Crippen LogP contribution in [-0.4, -0.2) is 29.4 Å². The van der Waals surface area contributed by atoms with Crippen molar-refractivity contribution in [3.8, 4) is 0 Å². The Labute approximate surface area is 173 Å². The van der Waals surface area contributed by atoms with Gasteiger partial charge in [-0.25, -0.2) is 4.79 Å². The fraction of sp³-hybridized carbons (Fsp3) is 0.360. The predicted molar refractivity (Wildman–Crippen MR) is 122 cm³/mol. The number of nitrogens with zero attached hydrogens (tertiary/aromatic N) is 2. The minimum absolute atomic E-state index is 0.0104. The van der Waals surface area contributed by atoms with Gasteiger partial charge in [-0.05, 0) is 87.6 Å². The minimum Gasteiger partial charge on any atom is -0.478 e. The molecular weight excluding hydrogens is 360 g/mol. The monoisotopic (exact) mass is 390 g/mol. The maximum absolute atomic E-state index is 11.4. The Morgan fingerprint density at radius 2 is 1.93 bits per heavy atom. The molecule has 0 atom stereocenters. The van der Waals surface area contributed by atoms with Crippen molar-refractivity contribution in [1.82, 2.24) is 0 Å². The number of aryl methyl sites for hydroxylation is 1. The van der Waals surface area contributed by atoms with Gasteiger partial charge in [-0.15, -0.1) is 0 Å². The van der Waals surface area contributed by atoms with Crippen LogP contribution in [0.5, 0.6) is 0 Å². The molecule has 3 rings (SSSR count). The summed E-state index contributed by atoms with van der Waals surface area (Å²) in [6.45, 7) is 13.8. The summed E-state index contributed by atoms with van der Waals surface area (Å²) in [5, 5.41) is 9.33. The Morgan fingerprint density at radius 1 is 1.21 bits per heavy atom. The van der Waals surface area contributed by atoms with Crippen LogP contribution in [0, 0.1) is 13.8 Å². The molecule has 0 spiro atoms. The highest BCUT2D eigenvalue weighted by molar-refractivity contribution is 5.93. The molecular formula is C25H30N2O2.